The zero-order valence-electron chi connectivity index (χ0n) is 11.6. The second-order valence-corrected chi connectivity index (χ2v) is 5.67. The topological polar surface area (TPSA) is 72.6 Å². The van der Waals surface area contributed by atoms with Crippen LogP contribution in [-0.2, 0) is 0 Å². The van der Waals surface area contributed by atoms with Gasteiger partial charge in [0.1, 0.15) is 11.5 Å². The van der Waals surface area contributed by atoms with Gasteiger partial charge in [-0.25, -0.2) is 0 Å². The smallest absolute Gasteiger partial charge is 0.211 e. The van der Waals surface area contributed by atoms with E-state index in [4.69, 9.17) is 16.3 Å². The second-order valence-electron chi connectivity index (χ2n) is 5.23. The molecule has 6 heteroatoms. The van der Waals surface area contributed by atoms with Crippen LogP contribution in [0.25, 0.3) is 0 Å². The van der Waals surface area contributed by atoms with Gasteiger partial charge >= 0.3 is 0 Å². The maximum absolute atomic E-state index is 11.1. The van der Waals surface area contributed by atoms with Crippen LogP contribution in [0.1, 0.15) is 23.0 Å². The first-order chi connectivity index (χ1) is 10.6. The third kappa shape index (κ3) is 2.65. The van der Waals surface area contributed by atoms with Crippen molar-refractivity contribution in [1.29, 1.82) is 0 Å². The first kappa shape index (κ1) is 14.8. The van der Waals surface area contributed by atoms with Crippen molar-refractivity contribution in [3.8, 4) is 11.5 Å². The fourth-order valence-corrected chi connectivity index (χ4v) is 3.13. The van der Waals surface area contributed by atoms with Gasteiger partial charge in [0.15, 0.2) is 0 Å². The molecule has 0 fully saturated rings. The summed E-state index contributed by atoms with van der Waals surface area (Å²) in [6, 6.07) is 12.3. The quantitative estimate of drug-likeness (QED) is 0.693. The van der Waals surface area contributed by atoms with Gasteiger partial charge in [-0.3, -0.25) is 10.1 Å². The molecule has 0 saturated heterocycles. The molecule has 1 N–H and O–H groups in total. The van der Waals surface area contributed by atoms with Crippen molar-refractivity contribution in [2.24, 2.45) is 0 Å². The molecule has 5 nitrogen and oxygen atoms in total. The van der Waals surface area contributed by atoms with E-state index < -0.39 is 11.8 Å². The van der Waals surface area contributed by atoms with Gasteiger partial charge in [-0.15, -0.1) is 0 Å². The summed E-state index contributed by atoms with van der Waals surface area (Å²) >= 11 is 6.05. The molecule has 0 aromatic heterocycles. The van der Waals surface area contributed by atoms with Gasteiger partial charge in [-0.2, -0.15) is 0 Å². The van der Waals surface area contributed by atoms with E-state index in [2.05, 4.69) is 0 Å². The Hall–Kier alpha value is -2.11. The van der Waals surface area contributed by atoms with Gasteiger partial charge in [0.05, 0.1) is 12.5 Å². The molecule has 0 aliphatic carbocycles. The first-order valence-corrected chi connectivity index (χ1v) is 7.27. The number of rotatable bonds is 3. The van der Waals surface area contributed by atoms with Gasteiger partial charge in [0.25, 0.3) is 0 Å². The zero-order valence-corrected chi connectivity index (χ0v) is 12.4. The molecule has 1 aliphatic rings. The lowest BCUT2D eigenvalue weighted by Gasteiger charge is -2.21. The number of ether oxygens (including phenoxy) is 1. The van der Waals surface area contributed by atoms with Crippen molar-refractivity contribution in [3.05, 3.63) is 68.7 Å². The molecule has 1 aliphatic heterocycles. The highest BCUT2D eigenvalue weighted by Gasteiger charge is 2.35. The molecule has 2 atom stereocenters. The summed E-state index contributed by atoms with van der Waals surface area (Å²) in [4.78, 5) is 10.7. The molecule has 0 unspecified atom stereocenters. The maximum atomic E-state index is 11.1. The SMILES string of the molecule is O=[N+]([O-])C[C@H]1c2ccccc2Oc2ccc(Cl)cc2[C@@H]1CO. The predicted octanol–water partition coefficient (Wildman–Crippen LogP) is 3.58. The van der Waals surface area contributed by atoms with Crippen molar-refractivity contribution in [3.63, 3.8) is 0 Å². The van der Waals surface area contributed by atoms with E-state index in [1.165, 1.54) is 0 Å². The molecule has 2 aromatic carbocycles. The van der Waals surface area contributed by atoms with Crippen LogP contribution in [0.15, 0.2) is 42.5 Å². The average Bonchev–Trinajstić information content (AvgIpc) is 2.61. The average molecular weight is 320 g/mol. The molecule has 0 bridgehead atoms. The standard InChI is InChI=1S/C16H14ClNO4/c17-10-5-6-16-12(7-10)14(9-19)13(8-18(20)21)11-3-1-2-4-15(11)22-16/h1-7,13-14,19H,8-9H2/t13-,14-/m0/s1. The number of hydrogen-bond donors (Lipinski definition) is 1. The third-order valence-electron chi connectivity index (χ3n) is 3.94. The monoisotopic (exact) mass is 319 g/mol. The van der Waals surface area contributed by atoms with Crippen molar-refractivity contribution < 1.29 is 14.8 Å². The Morgan fingerprint density at radius 2 is 1.86 bits per heavy atom. The lowest BCUT2D eigenvalue weighted by molar-refractivity contribution is -0.484. The number of aliphatic hydroxyl groups excluding tert-OH is 1. The fraction of sp³-hybridized carbons (Fsp3) is 0.250. The number of para-hydroxylation sites is 1. The Labute approximate surface area is 132 Å². The van der Waals surface area contributed by atoms with Gasteiger partial charge in [0, 0.05) is 27.0 Å². The molecule has 3 rings (SSSR count). The molecular weight excluding hydrogens is 306 g/mol. The number of aliphatic hydroxyl groups is 1. The van der Waals surface area contributed by atoms with Crippen LogP contribution in [0.5, 0.6) is 11.5 Å². The number of hydrogen-bond acceptors (Lipinski definition) is 4. The van der Waals surface area contributed by atoms with Crippen molar-refractivity contribution >= 4 is 11.6 Å². The van der Waals surface area contributed by atoms with Crippen LogP contribution in [0.2, 0.25) is 5.02 Å². The minimum Gasteiger partial charge on any atom is -0.457 e. The molecule has 22 heavy (non-hydrogen) atoms. The van der Waals surface area contributed by atoms with Crippen LogP contribution in [-0.4, -0.2) is 23.2 Å². The number of nitrogens with zero attached hydrogens (tertiary/aromatic N) is 1. The van der Waals surface area contributed by atoms with E-state index in [1.54, 1.807) is 30.3 Å². The predicted molar refractivity (Wildman–Crippen MR) is 82.4 cm³/mol. The van der Waals surface area contributed by atoms with Crippen LogP contribution < -0.4 is 4.74 Å². The van der Waals surface area contributed by atoms with E-state index in [0.29, 0.717) is 22.1 Å². The van der Waals surface area contributed by atoms with Crippen molar-refractivity contribution in [2.75, 3.05) is 13.2 Å². The van der Waals surface area contributed by atoms with Gasteiger partial charge < -0.3 is 9.84 Å². The molecule has 114 valence electrons. The highest BCUT2D eigenvalue weighted by atomic mass is 35.5. The number of fused-ring (bicyclic) bond motifs is 2. The van der Waals surface area contributed by atoms with Gasteiger partial charge in [0.2, 0.25) is 6.54 Å². The van der Waals surface area contributed by atoms with Crippen LogP contribution >= 0.6 is 11.6 Å². The molecule has 0 amide bonds. The van der Waals surface area contributed by atoms with Gasteiger partial charge in [-0.1, -0.05) is 29.8 Å². The molecular formula is C16H14ClNO4. The minimum absolute atomic E-state index is 0.219. The number of benzene rings is 2. The fourth-order valence-electron chi connectivity index (χ4n) is 2.95. The summed E-state index contributed by atoms with van der Waals surface area (Å²) in [5.74, 6) is 0.231. The summed E-state index contributed by atoms with van der Waals surface area (Å²) in [6.45, 7) is -0.499. The molecule has 1 heterocycles. The Kier molecular flexibility index (Phi) is 4.00. The highest BCUT2D eigenvalue weighted by molar-refractivity contribution is 6.30. The third-order valence-corrected chi connectivity index (χ3v) is 4.17. The minimum atomic E-state index is -0.476. The van der Waals surface area contributed by atoms with Crippen LogP contribution in [0.3, 0.4) is 0 Å². The molecule has 0 saturated carbocycles. The van der Waals surface area contributed by atoms with E-state index in [0.717, 1.165) is 5.56 Å². The lowest BCUT2D eigenvalue weighted by atomic mass is 9.82. The van der Waals surface area contributed by atoms with E-state index in [-0.39, 0.29) is 18.1 Å². The van der Waals surface area contributed by atoms with E-state index in [9.17, 15) is 15.2 Å². The van der Waals surface area contributed by atoms with Crippen LogP contribution in [0.4, 0.5) is 0 Å². The molecule has 0 radical (unpaired) electrons. The molecule has 2 aromatic rings. The normalized spacial score (nSPS) is 19.5. The molecule has 0 spiro atoms. The van der Waals surface area contributed by atoms with E-state index >= 15 is 0 Å². The Balaban J connectivity index is 2.20. The summed E-state index contributed by atoms with van der Waals surface area (Å²) in [6.07, 6.45) is 0. The van der Waals surface area contributed by atoms with E-state index in [1.807, 2.05) is 12.1 Å². The first-order valence-electron chi connectivity index (χ1n) is 6.89. The maximum Gasteiger partial charge on any atom is 0.211 e. The van der Waals surface area contributed by atoms with Crippen molar-refractivity contribution in [1.82, 2.24) is 0 Å². The summed E-state index contributed by atoms with van der Waals surface area (Å²) in [7, 11) is 0. The van der Waals surface area contributed by atoms with Gasteiger partial charge in [-0.05, 0) is 24.3 Å². The largest absolute Gasteiger partial charge is 0.457 e. The van der Waals surface area contributed by atoms with Crippen molar-refractivity contribution in [2.45, 2.75) is 11.8 Å². The highest BCUT2D eigenvalue weighted by Crippen LogP contribution is 2.46. The Bertz CT molecular complexity index is 719. The second kappa shape index (κ2) is 5.94. The Morgan fingerprint density at radius 1 is 1.14 bits per heavy atom. The lowest BCUT2D eigenvalue weighted by Crippen LogP contribution is -2.22. The Morgan fingerprint density at radius 3 is 2.59 bits per heavy atom. The number of halogens is 1. The summed E-state index contributed by atoms with van der Waals surface area (Å²) < 4.78 is 5.91. The van der Waals surface area contributed by atoms with Crippen LogP contribution in [0, 0.1) is 10.1 Å². The zero-order chi connectivity index (χ0) is 15.7. The summed E-state index contributed by atoms with van der Waals surface area (Å²) in [5.41, 5.74) is 1.42. The number of nitro groups is 1. The summed E-state index contributed by atoms with van der Waals surface area (Å²) in [5, 5.41) is 21.4.